The van der Waals surface area contributed by atoms with E-state index in [4.69, 9.17) is 0 Å². The van der Waals surface area contributed by atoms with Gasteiger partial charge in [0, 0.05) is 23.2 Å². The summed E-state index contributed by atoms with van der Waals surface area (Å²) in [5, 5.41) is 7.70. The molecule has 1 aliphatic rings. The van der Waals surface area contributed by atoms with Crippen LogP contribution in [0.3, 0.4) is 0 Å². The summed E-state index contributed by atoms with van der Waals surface area (Å²) < 4.78 is 0. The van der Waals surface area contributed by atoms with Crippen LogP contribution in [0.2, 0.25) is 0 Å². The summed E-state index contributed by atoms with van der Waals surface area (Å²) in [6, 6.07) is 18.1. The molecule has 0 fully saturated rings. The molecule has 7 heteroatoms. The van der Waals surface area contributed by atoms with Crippen LogP contribution >= 0.6 is 11.3 Å². The monoisotopic (exact) mass is 431 g/mol. The molecule has 0 bridgehead atoms. The molecule has 0 saturated carbocycles. The average molecular weight is 432 g/mol. The molecule has 6 nitrogen and oxygen atoms in total. The molecule has 0 radical (unpaired) electrons. The van der Waals surface area contributed by atoms with Crippen LogP contribution in [0, 0.1) is 0 Å². The Morgan fingerprint density at radius 2 is 1.61 bits per heavy atom. The Balaban J connectivity index is 1.69. The first-order valence-electron chi connectivity index (χ1n) is 9.88. The lowest BCUT2D eigenvalue weighted by atomic mass is 10.1. The van der Waals surface area contributed by atoms with E-state index in [0.717, 1.165) is 16.9 Å². The largest absolute Gasteiger partial charge is 0.350 e. The second-order valence-electron chi connectivity index (χ2n) is 7.08. The van der Waals surface area contributed by atoms with Gasteiger partial charge in [-0.2, -0.15) is 0 Å². The molecule has 0 unspecified atom stereocenters. The molecule has 31 heavy (non-hydrogen) atoms. The van der Waals surface area contributed by atoms with Gasteiger partial charge in [-0.05, 0) is 59.8 Å². The van der Waals surface area contributed by atoms with Gasteiger partial charge in [-0.1, -0.05) is 25.1 Å². The van der Waals surface area contributed by atoms with Crippen LogP contribution in [-0.2, 0) is 20.8 Å². The number of carbonyl (C=O) groups is 3. The smallest absolute Gasteiger partial charge is 0.282 e. The fraction of sp³-hybridized carbons (Fsp3) is 0.125. The Labute approximate surface area is 184 Å². The second-order valence-corrected chi connectivity index (χ2v) is 8.02. The minimum atomic E-state index is -0.399. The van der Waals surface area contributed by atoms with E-state index >= 15 is 0 Å². The number of amides is 3. The van der Waals surface area contributed by atoms with Crippen molar-refractivity contribution in [1.82, 2.24) is 0 Å². The fourth-order valence-electron chi connectivity index (χ4n) is 3.39. The Morgan fingerprint density at radius 1 is 0.935 bits per heavy atom. The number of hydrogen-bond donors (Lipinski definition) is 2. The molecular weight excluding hydrogens is 410 g/mol. The predicted molar refractivity (Wildman–Crippen MR) is 124 cm³/mol. The summed E-state index contributed by atoms with van der Waals surface area (Å²) >= 11 is 1.41. The summed E-state index contributed by atoms with van der Waals surface area (Å²) in [6.45, 7) is 3.49. The van der Waals surface area contributed by atoms with Crippen molar-refractivity contribution in [2.75, 3.05) is 15.5 Å². The Kier molecular flexibility index (Phi) is 5.68. The third-order valence-corrected chi connectivity index (χ3v) is 5.82. The molecule has 0 atom stereocenters. The fourth-order valence-corrected chi connectivity index (χ4v) is 4.16. The van der Waals surface area contributed by atoms with Crippen LogP contribution in [0.15, 0.2) is 71.7 Å². The lowest BCUT2D eigenvalue weighted by molar-refractivity contribution is -0.120. The highest BCUT2D eigenvalue weighted by molar-refractivity contribution is 7.11. The number of anilines is 3. The van der Waals surface area contributed by atoms with Gasteiger partial charge in [-0.3, -0.25) is 14.4 Å². The van der Waals surface area contributed by atoms with Crippen LogP contribution in [0.4, 0.5) is 17.1 Å². The van der Waals surface area contributed by atoms with Crippen LogP contribution in [0.1, 0.15) is 24.3 Å². The maximum absolute atomic E-state index is 13.3. The van der Waals surface area contributed by atoms with Crippen molar-refractivity contribution >= 4 is 51.7 Å². The maximum atomic E-state index is 13.3. The van der Waals surface area contributed by atoms with Crippen LogP contribution in [0.25, 0.3) is 5.57 Å². The zero-order valence-corrected chi connectivity index (χ0v) is 18.0. The third kappa shape index (κ3) is 4.13. The first kappa shape index (κ1) is 20.6. The molecule has 1 aliphatic heterocycles. The van der Waals surface area contributed by atoms with E-state index in [0.29, 0.717) is 22.6 Å². The summed E-state index contributed by atoms with van der Waals surface area (Å²) in [4.78, 5) is 39.8. The molecular formula is C24H21N3O3S. The van der Waals surface area contributed by atoms with Crippen LogP contribution in [-0.4, -0.2) is 17.7 Å². The second kappa shape index (κ2) is 8.57. The summed E-state index contributed by atoms with van der Waals surface area (Å²) in [5.74, 6) is -0.914. The molecule has 156 valence electrons. The summed E-state index contributed by atoms with van der Waals surface area (Å²) in [6.07, 6.45) is 0.877. The first-order valence-corrected chi connectivity index (χ1v) is 10.8. The molecule has 2 N–H and O–H groups in total. The normalized spacial score (nSPS) is 13.7. The van der Waals surface area contributed by atoms with Gasteiger partial charge in [0.1, 0.15) is 5.70 Å². The van der Waals surface area contributed by atoms with Crippen molar-refractivity contribution in [3.63, 3.8) is 0 Å². The Hall–Kier alpha value is -3.71. The zero-order valence-electron chi connectivity index (χ0n) is 17.1. The molecule has 3 amide bonds. The number of aryl methyl sites for hydroxylation is 1. The molecule has 0 aliphatic carbocycles. The number of benzene rings is 2. The average Bonchev–Trinajstić information content (AvgIpc) is 3.36. The number of rotatable bonds is 6. The van der Waals surface area contributed by atoms with Gasteiger partial charge in [0.05, 0.1) is 11.3 Å². The van der Waals surface area contributed by atoms with Crippen molar-refractivity contribution in [3.05, 3.63) is 82.2 Å². The van der Waals surface area contributed by atoms with E-state index in [1.54, 1.807) is 36.4 Å². The van der Waals surface area contributed by atoms with Gasteiger partial charge in [0.2, 0.25) is 5.91 Å². The number of hydrogen-bond acceptors (Lipinski definition) is 5. The third-order valence-electron chi connectivity index (χ3n) is 4.93. The van der Waals surface area contributed by atoms with Crippen LogP contribution in [0.5, 0.6) is 0 Å². The topological polar surface area (TPSA) is 78.5 Å². The van der Waals surface area contributed by atoms with Crippen molar-refractivity contribution in [2.45, 2.75) is 20.3 Å². The number of nitrogens with zero attached hydrogens (tertiary/aromatic N) is 1. The highest BCUT2D eigenvalue weighted by Gasteiger charge is 2.40. The Morgan fingerprint density at radius 3 is 2.19 bits per heavy atom. The molecule has 3 aromatic rings. The lowest BCUT2D eigenvalue weighted by Gasteiger charge is -2.16. The lowest BCUT2D eigenvalue weighted by Crippen LogP contribution is -2.32. The molecule has 1 aromatic heterocycles. The molecule has 2 aromatic carbocycles. The first-order chi connectivity index (χ1) is 15.0. The van der Waals surface area contributed by atoms with Gasteiger partial charge in [-0.15, -0.1) is 11.3 Å². The number of carbonyl (C=O) groups excluding carboxylic acids is 3. The summed E-state index contributed by atoms with van der Waals surface area (Å²) in [7, 11) is 0. The maximum Gasteiger partial charge on any atom is 0.282 e. The van der Waals surface area contributed by atoms with Crippen molar-refractivity contribution in [3.8, 4) is 0 Å². The van der Waals surface area contributed by atoms with Crippen molar-refractivity contribution < 1.29 is 14.4 Å². The van der Waals surface area contributed by atoms with Crippen molar-refractivity contribution in [1.29, 1.82) is 0 Å². The SMILES string of the molecule is CCc1ccc(N2C(=O)C(Nc3ccc(NC(C)=O)cc3)=C(c3cccs3)C2=O)cc1. The number of thiophene rings is 1. The highest BCUT2D eigenvalue weighted by Crippen LogP contribution is 2.35. The van der Waals surface area contributed by atoms with Gasteiger partial charge in [0.25, 0.3) is 11.8 Å². The number of nitrogens with one attached hydrogen (secondary N) is 2. The van der Waals surface area contributed by atoms with E-state index in [9.17, 15) is 14.4 Å². The van der Waals surface area contributed by atoms with Gasteiger partial charge >= 0.3 is 0 Å². The Bertz CT molecular complexity index is 1160. The predicted octanol–water partition coefficient (Wildman–Crippen LogP) is 4.67. The van der Waals surface area contributed by atoms with Gasteiger partial charge < -0.3 is 10.6 Å². The highest BCUT2D eigenvalue weighted by atomic mass is 32.1. The quantitative estimate of drug-likeness (QED) is 0.556. The minimum absolute atomic E-state index is 0.162. The van der Waals surface area contributed by atoms with Crippen LogP contribution < -0.4 is 15.5 Å². The van der Waals surface area contributed by atoms with E-state index in [2.05, 4.69) is 17.6 Å². The van der Waals surface area contributed by atoms with Gasteiger partial charge in [-0.25, -0.2) is 4.90 Å². The molecule has 4 rings (SSSR count). The van der Waals surface area contributed by atoms with E-state index in [1.165, 1.54) is 23.2 Å². The van der Waals surface area contributed by atoms with Crippen molar-refractivity contribution in [2.24, 2.45) is 0 Å². The molecule has 0 saturated heterocycles. The number of imide groups is 1. The summed E-state index contributed by atoms with van der Waals surface area (Å²) in [5.41, 5.74) is 3.55. The zero-order chi connectivity index (χ0) is 22.0. The van der Waals surface area contributed by atoms with E-state index in [-0.39, 0.29) is 17.5 Å². The molecule has 2 heterocycles. The minimum Gasteiger partial charge on any atom is -0.350 e. The van der Waals surface area contributed by atoms with Gasteiger partial charge in [0.15, 0.2) is 0 Å². The van der Waals surface area contributed by atoms with E-state index < -0.39 is 5.91 Å². The standard InChI is InChI=1S/C24H21N3O3S/c1-3-16-6-12-19(13-7-16)27-23(29)21(20-5-4-14-31-20)22(24(27)30)26-18-10-8-17(9-11-18)25-15(2)28/h4-14,26H,3H2,1-2H3,(H,25,28). The van der Waals surface area contributed by atoms with E-state index in [1.807, 2.05) is 29.6 Å². The molecule has 0 spiro atoms.